The van der Waals surface area contributed by atoms with Crippen LogP contribution in [0, 0.1) is 6.92 Å². The highest BCUT2D eigenvalue weighted by Gasteiger charge is 2.35. The summed E-state index contributed by atoms with van der Waals surface area (Å²) >= 11 is 0. The SMILES string of the molecule is Cc1cccc(CN(C(=O)CN(c2ccc(C(C)C)cc2)S(=O)(=O)c2ccccc2)[C@H](Cc2ccccc2)C(=O)NC(C)(C)C)c1. The van der Waals surface area contributed by atoms with Crippen LogP contribution in [0.25, 0.3) is 0 Å². The van der Waals surface area contributed by atoms with Crippen molar-refractivity contribution in [1.29, 1.82) is 0 Å². The Morgan fingerprint density at radius 1 is 0.783 bits per heavy atom. The monoisotopic (exact) mass is 639 g/mol. The van der Waals surface area contributed by atoms with E-state index in [1.54, 1.807) is 30.3 Å². The van der Waals surface area contributed by atoms with Crippen molar-refractivity contribution in [3.63, 3.8) is 0 Å². The molecule has 0 aliphatic rings. The summed E-state index contributed by atoms with van der Waals surface area (Å²) in [4.78, 5) is 30.2. The van der Waals surface area contributed by atoms with Gasteiger partial charge in [-0.1, -0.05) is 104 Å². The number of aryl methyl sites for hydroxylation is 1. The van der Waals surface area contributed by atoms with E-state index in [1.807, 2.05) is 94.4 Å². The van der Waals surface area contributed by atoms with Crippen molar-refractivity contribution < 1.29 is 18.0 Å². The molecule has 0 aliphatic heterocycles. The van der Waals surface area contributed by atoms with Gasteiger partial charge in [0.1, 0.15) is 12.6 Å². The van der Waals surface area contributed by atoms with Gasteiger partial charge in [-0.05, 0) is 74.6 Å². The Bertz CT molecular complexity index is 1720. The van der Waals surface area contributed by atoms with Gasteiger partial charge in [0.05, 0.1) is 10.6 Å². The Hall–Kier alpha value is -4.43. The molecule has 4 aromatic carbocycles. The van der Waals surface area contributed by atoms with Crippen molar-refractivity contribution in [2.24, 2.45) is 0 Å². The first-order valence-corrected chi connectivity index (χ1v) is 17.1. The van der Waals surface area contributed by atoms with Crippen LogP contribution in [0.2, 0.25) is 0 Å². The van der Waals surface area contributed by atoms with Crippen LogP contribution in [0.3, 0.4) is 0 Å². The van der Waals surface area contributed by atoms with E-state index < -0.39 is 34.1 Å². The van der Waals surface area contributed by atoms with Crippen LogP contribution in [-0.2, 0) is 32.6 Å². The molecule has 0 aromatic heterocycles. The lowest BCUT2D eigenvalue weighted by Gasteiger charge is -2.35. The first-order chi connectivity index (χ1) is 21.7. The third-order valence-electron chi connectivity index (χ3n) is 7.66. The van der Waals surface area contributed by atoms with E-state index in [1.165, 1.54) is 17.0 Å². The minimum Gasteiger partial charge on any atom is -0.350 e. The maximum absolute atomic E-state index is 14.6. The standard InChI is InChI=1S/C38H45N3O4S/c1-28(2)32-20-22-33(23-21-32)41(46(44,45)34-18-11-8-12-19-34)27-36(42)40(26-31-17-13-14-29(3)24-31)35(37(43)39-38(4,5)6)25-30-15-9-7-10-16-30/h7-24,28,35H,25-27H2,1-6H3,(H,39,43)/t35-/m1/s1. The van der Waals surface area contributed by atoms with E-state index in [0.717, 1.165) is 26.6 Å². The number of sulfonamides is 1. The molecule has 0 fully saturated rings. The molecule has 0 unspecified atom stereocenters. The molecule has 46 heavy (non-hydrogen) atoms. The van der Waals surface area contributed by atoms with Crippen molar-refractivity contribution in [2.45, 2.75) is 76.9 Å². The van der Waals surface area contributed by atoms with Crippen LogP contribution in [0.4, 0.5) is 5.69 Å². The Labute approximate surface area is 274 Å². The quantitative estimate of drug-likeness (QED) is 0.183. The zero-order valence-corrected chi connectivity index (χ0v) is 28.4. The highest BCUT2D eigenvalue weighted by Crippen LogP contribution is 2.27. The number of nitrogens with zero attached hydrogens (tertiary/aromatic N) is 2. The second-order valence-electron chi connectivity index (χ2n) is 13.0. The highest BCUT2D eigenvalue weighted by atomic mass is 32.2. The minimum atomic E-state index is -4.14. The van der Waals surface area contributed by atoms with E-state index in [4.69, 9.17) is 0 Å². The zero-order chi connectivity index (χ0) is 33.5. The van der Waals surface area contributed by atoms with Gasteiger partial charge >= 0.3 is 0 Å². The molecule has 1 N–H and O–H groups in total. The average molecular weight is 640 g/mol. The number of nitrogens with one attached hydrogen (secondary N) is 1. The maximum Gasteiger partial charge on any atom is 0.264 e. The van der Waals surface area contributed by atoms with Gasteiger partial charge in [0.25, 0.3) is 10.0 Å². The van der Waals surface area contributed by atoms with Crippen LogP contribution in [0.1, 0.15) is 62.8 Å². The van der Waals surface area contributed by atoms with Crippen LogP contribution in [-0.4, -0.2) is 43.3 Å². The smallest absolute Gasteiger partial charge is 0.264 e. The summed E-state index contributed by atoms with van der Waals surface area (Å²) < 4.78 is 29.5. The molecule has 2 amide bonds. The number of amides is 2. The molecular formula is C38H45N3O4S. The molecule has 0 spiro atoms. The lowest BCUT2D eigenvalue weighted by molar-refractivity contribution is -0.140. The Balaban J connectivity index is 1.82. The Morgan fingerprint density at radius 2 is 1.37 bits per heavy atom. The molecule has 0 radical (unpaired) electrons. The van der Waals surface area contributed by atoms with E-state index in [0.29, 0.717) is 5.69 Å². The number of hydrogen-bond donors (Lipinski definition) is 1. The number of rotatable bonds is 12. The first kappa shape index (κ1) is 34.4. The molecule has 4 aromatic rings. The molecule has 1 atom stereocenters. The summed E-state index contributed by atoms with van der Waals surface area (Å²) in [5.74, 6) is -0.546. The van der Waals surface area contributed by atoms with Crippen LogP contribution >= 0.6 is 0 Å². The van der Waals surface area contributed by atoms with E-state index in [9.17, 15) is 18.0 Å². The fraction of sp³-hybridized carbons (Fsp3) is 0.316. The zero-order valence-electron chi connectivity index (χ0n) is 27.6. The van der Waals surface area contributed by atoms with Gasteiger partial charge in [0.2, 0.25) is 11.8 Å². The fourth-order valence-corrected chi connectivity index (χ4v) is 6.72. The van der Waals surface area contributed by atoms with Gasteiger partial charge in [-0.3, -0.25) is 13.9 Å². The van der Waals surface area contributed by atoms with Crippen molar-refractivity contribution in [1.82, 2.24) is 10.2 Å². The predicted octanol–water partition coefficient (Wildman–Crippen LogP) is 6.87. The number of hydrogen-bond acceptors (Lipinski definition) is 4. The third-order valence-corrected chi connectivity index (χ3v) is 9.45. The summed E-state index contributed by atoms with van der Waals surface area (Å²) in [6.45, 7) is 11.4. The van der Waals surface area contributed by atoms with Crippen LogP contribution < -0.4 is 9.62 Å². The number of carbonyl (C=O) groups is 2. The number of carbonyl (C=O) groups excluding carboxylic acids is 2. The average Bonchev–Trinajstić information content (AvgIpc) is 3.01. The second kappa shape index (κ2) is 14.8. The minimum absolute atomic E-state index is 0.0762. The molecule has 0 bridgehead atoms. The molecule has 242 valence electrons. The van der Waals surface area contributed by atoms with Gasteiger partial charge in [-0.2, -0.15) is 0 Å². The molecule has 0 aliphatic carbocycles. The molecule has 7 nitrogen and oxygen atoms in total. The van der Waals surface area contributed by atoms with Crippen molar-refractivity contribution in [3.8, 4) is 0 Å². The predicted molar refractivity (Wildman–Crippen MR) is 185 cm³/mol. The first-order valence-electron chi connectivity index (χ1n) is 15.6. The van der Waals surface area contributed by atoms with Gasteiger partial charge < -0.3 is 10.2 Å². The maximum atomic E-state index is 14.6. The highest BCUT2D eigenvalue weighted by molar-refractivity contribution is 7.92. The molecule has 4 rings (SSSR count). The lowest BCUT2D eigenvalue weighted by Crippen LogP contribution is -2.56. The molecule has 0 saturated carbocycles. The number of anilines is 1. The largest absolute Gasteiger partial charge is 0.350 e. The normalized spacial score (nSPS) is 12.4. The molecule has 0 heterocycles. The molecular weight excluding hydrogens is 595 g/mol. The van der Waals surface area contributed by atoms with E-state index in [-0.39, 0.29) is 29.7 Å². The van der Waals surface area contributed by atoms with Gasteiger partial charge in [-0.15, -0.1) is 0 Å². The summed E-state index contributed by atoms with van der Waals surface area (Å²) in [5.41, 5.74) is 3.61. The Kier molecular flexibility index (Phi) is 11.1. The van der Waals surface area contributed by atoms with Gasteiger partial charge in [0, 0.05) is 18.5 Å². The van der Waals surface area contributed by atoms with E-state index >= 15 is 0 Å². The van der Waals surface area contributed by atoms with Crippen molar-refractivity contribution >= 4 is 27.5 Å². The molecule has 8 heteroatoms. The fourth-order valence-electron chi connectivity index (χ4n) is 5.29. The summed E-state index contributed by atoms with van der Waals surface area (Å²) in [6, 6.07) is 31.8. The summed E-state index contributed by atoms with van der Waals surface area (Å²) in [7, 11) is -4.14. The lowest BCUT2D eigenvalue weighted by atomic mass is 10.0. The third kappa shape index (κ3) is 9.07. The van der Waals surface area contributed by atoms with Crippen LogP contribution in [0.15, 0.2) is 114 Å². The topological polar surface area (TPSA) is 86.8 Å². The van der Waals surface area contributed by atoms with Crippen LogP contribution in [0.5, 0.6) is 0 Å². The number of benzene rings is 4. The van der Waals surface area contributed by atoms with Gasteiger partial charge in [-0.25, -0.2) is 8.42 Å². The van der Waals surface area contributed by atoms with Crippen molar-refractivity contribution in [2.75, 3.05) is 10.8 Å². The van der Waals surface area contributed by atoms with Crippen molar-refractivity contribution in [3.05, 3.63) is 131 Å². The summed E-state index contributed by atoms with van der Waals surface area (Å²) in [5, 5.41) is 3.07. The summed E-state index contributed by atoms with van der Waals surface area (Å²) in [6.07, 6.45) is 0.259. The molecule has 0 saturated heterocycles. The second-order valence-corrected chi connectivity index (χ2v) is 14.9. The Morgan fingerprint density at radius 3 is 1.93 bits per heavy atom. The van der Waals surface area contributed by atoms with Gasteiger partial charge in [0.15, 0.2) is 0 Å². The van der Waals surface area contributed by atoms with E-state index in [2.05, 4.69) is 19.2 Å².